The molecule has 0 aliphatic carbocycles. The van der Waals surface area contributed by atoms with Gasteiger partial charge in [0.05, 0.1) is 25.4 Å². The van der Waals surface area contributed by atoms with Gasteiger partial charge in [-0.15, -0.1) is 0 Å². The minimum atomic E-state index is -0.954. The highest BCUT2D eigenvalue weighted by molar-refractivity contribution is 5.82. The molecule has 2 atom stereocenters. The number of imidazole rings is 1. The molecule has 0 amide bonds. The number of hydrogen-bond acceptors (Lipinski definition) is 10. The smallest absolute Gasteiger partial charge is 0.177 e. The standard InChI is InChI=1S/C10H13N7O4/c11-9-8-10(13-4-12-9)17(5-14-8)7(2-16-20)21-6(3-18)1-15-19/h1-2,4-7,18-20H,3H2,(H2,11,12,13)/b15-1+,16-2+. The van der Waals surface area contributed by atoms with Crippen LogP contribution in [0.4, 0.5) is 5.82 Å². The molecule has 0 aliphatic rings. The largest absolute Gasteiger partial charge is 0.411 e. The Labute approximate surface area is 118 Å². The molecule has 2 aromatic rings. The summed E-state index contributed by atoms with van der Waals surface area (Å²) in [6, 6.07) is 0. The molecule has 0 bridgehead atoms. The van der Waals surface area contributed by atoms with E-state index in [0.29, 0.717) is 11.2 Å². The first-order valence-corrected chi connectivity index (χ1v) is 5.75. The number of oxime groups is 2. The molecule has 0 aromatic carbocycles. The van der Waals surface area contributed by atoms with E-state index in [2.05, 4.69) is 25.3 Å². The summed E-state index contributed by atoms with van der Waals surface area (Å²) in [5.41, 5.74) is 6.38. The third-order valence-corrected chi connectivity index (χ3v) is 2.58. The summed E-state index contributed by atoms with van der Waals surface area (Å²) in [5.74, 6) is 0.189. The predicted octanol–water partition coefficient (Wildman–Crippen LogP) is -0.795. The monoisotopic (exact) mass is 295 g/mol. The van der Waals surface area contributed by atoms with Gasteiger partial charge in [-0.25, -0.2) is 15.0 Å². The van der Waals surface area contributed by atoms with Crippen molar-refractivity contribution in [3.63, 3.8) is 0 Å². The highest BCUT2D eigenvalue weighted by Gasteiger charge is 2.19. The van der Waals surface area contributed by atoms with E-state index < -0.39 is 18.9 Å². The Morgan fingerprint density at radius 2 is 2.05 bits per heavy atom. The van der Waals surface area contributed by atoms with Gasteiger partial charge in [0.1, 0.15) is 17.9 Å². The van der Waals surface area contributed by atoms with Crippen molar-refractivity contribution in [2.24, 2.45) is 10.3 Å². The van der Waals surface area contributed by atoms with Crippen molar-refractivity contribution in [1.29, 1.82) is 0 Å². The molecule has 2 unspecified atom stereocenters. The minimum absolute atomic E-state index is 0.189. The van der Waals surface area contributed by atoms with Crippen LogP contribution in [0, 0.1) is 0 Å². The summed E-state index contributed by atoms with van der Waals surface area (Å²) >= 11 is 0. The zero-order valence-corrected chi connectivity index (χ0v) is 10.7. The fourth-order valence-corrected chi connectivity index (χ4v) is 1.66. The number of fused-ring (bicyclic) bond motifs is 1. The number of hydrogen-bond donors (Lipinski definition) is 4. The third kappa shape index (κ3) is 3.04. The van der Waals surface area contributed by atoms with E-state index in [9.17, 15) is 0 Å². The molecule has 2 rings (SSSR count). The molecule has 11 heteroatoms. The van der Waals surface area contributed by atoms with Crippen LogP contribution in [0.1, 0.15) is 6.23 Å². The Kier molecular flexibility index (Phi) is 4.58. The molecule has 0 fully saturated rings. The van der Waals surface area contributed by atoms with Crippen molar-refractivity contribution in [3.05, 3.63) is 12.7 Å². The maximum Gasteiger partial charge on any atom is 0.177 e. The quantitative estimate of drug-likeness (QED) is 0.305. The number of nitrogens with zero attached hydrogens (tertiary/aromatic N) is 6. The highest BCUT2D eigenvalue weighted by atomic mass is 16.5. The van der Waals surface area contributed by atoms with E-state index in [1.165, 1.54) is 17.2 Å². The molecule has 5 N–H and O–H groups in total. The van der Waals surface area contributed by atoms with Crippen molar-refractivity contribution in [2.75, 3.05) is 12.3 Å². The molecule has 2 aromatic heterocycles. The first-order valence-electron chi connectivity index (χ1n) is 5.75. The van der Waals surface area contributed by atoms with E-state index in [0.717, 1.165) is 12.4 Å². The number of anilines is 1. The Morgan fingerprint density at radius 3 is 2.71 bits per heavy atom. The van der Waals surface area contributed by atoms with Gasteiger partial charge < -0.3 is 26.0 Å². The lowest BCUT2D eigenvalue weighted by Crippen LogP contribution is -2.26. The van der Waals surface area contributed by atoms with Crippen LogP contribution in [0.5, 0.6) is 0 Å². The van der Waals surface area contributed by atoms with E-state index >= 15 is 0 Å². The van der Waals surface area contributed by atoms with Crippen molar-refractivity contribution >= 4 is 29.4 Å². The lowest BCUT2D eigenvalue weighted by molar-refractivity contribution is -0.000683. The van der Waals surface area contributed by atoms with Gasteiger partial charge in [-0.3, -0.25) is 4.57 Å². The summed E-state index contributed by atoms with van der Waals surface area (Å²) in [5, 5.41) is 32.0. The van der Waals surface area contributed by atoms with Crippen LogP contribution in [0.2, 0.25) is 0 Å². The van der Waals surface area contributed by atoms with Crippen molar-refractivity contribution in [3.8, 4) is 0 Å². The molecule has 0 saturated heterocycles. The zero-order valence-electron chi connectivity index (χ0n) is 10.7. The zero-order chi connectivity index (χ0) is 15.2. The van der Waals surface area contributed by atoms with Gasteiger partial charge in [-0.05, 0) is 0 Å². The number of ether oxygens (including phenoxy) is 1. The van der Waals surface area contributed by atoms with Crippen molar-refractivity contribution in [1.82, 2.24) is 19.5 Å². The van der Waals surface area contributed by atoms with Crippen molar-refractivity contribution in [2.45, 2.75) is 12.3 Å². The summed E-state index contributed by atoms with van der Waals surface area (Å²) in [7, 11) is 0. The second kappa shape index (κ2) is 6.58. The maximum absolute atomic E-state index is 9.12. The molecule has 112 valence electrons. The number of nitrogens with two attached hydrogens (primary N) is 1. The van der Waals surface area contributed by atoms with E-state index in [4.69, 9.17) is 26.0 Å². The van der Waals surface area contributed by atoms with Crippen LogP contribution in [0.15, 0.2) is 23.0 Å². The van der Waals surface area contributed by atoms with Gasteiger partial charge in [0.25, 0.3) is 0 Å². The molecule has 11 nitrogen and oxygen atoms in total. The van der Waals surface area contributed by atoms with E-state index in [1.807, 2.05) is 0 Å². The predicted molar refractivity (Wildman–Crippen MR) is 71.3 cm³/mol. The van der Waals surface area contributed by atoms with Crippen LogP contribution >= 0.6 is 0 Å². The van der Waals surface area contributed by atoms with E-state index in [-0.39, 0.29) is 5.82 Å². The number of aliphatic hydroxyl groups is 1. The molecule has 0 saturated carbocycles. The average Bonchev–Trinajstić information content (AvgIpc) is 2.91. The second-order valence-corrected chi connectivity index (χ2v) is 3.86. The number of rotatable bonds is 6. The summed E-state index contributed by atoms with van der Waals surface area (Å²) in [4.78, 5) is 11.9. The van der Waals surface area contributed by atoms with Gasteiger partial charge in [-0.1, -0.05) is 10.3 Å². The maximum atomic E-state index is 9.12. The van der Waals surface area contributed by atoms with Crippen LogP contribution in [-0.2, 0) is 4.74 Å². The van der Waals surface area contributed by atoms with Crippen LogP contribution in [0.25, 0.3) is 11.2 Å². The Bertz CT molecular complexity index is 656. The molecule has 0 spiro atoms. The lowest BCUT2D eigenvalue weighted by Gasteiger charge is -2.18. The normalized spacial score (nSPS) is 15.1. The van der Waals surface area contributed by atoms with Gasteiger partial charge in [0.2, 0.25) is 0 Å². The van der Waals surface area contributed by atoms with Crippen LogP contribution < -0.4 is 5.73 Å². The summed E-state index contributed by atoms with van der Waals surface area (Å²) < 4.78 is 6.84. The van der Waals surface area contributed by atoms with Crippen molar-refractivity contribution < 1.29 is 20.3 Å². The topological polar surface area (TPSA) is 164 Å². The summed E-state index contributed by atoms with van der Waals surface area (Å²) in [6.07, 6.45) is 2.78. The Balaban J connectivity index is 2.38. The molecule has 2 heterocycles. The molecular formula is C10H13N7O4. The first-order chi connectivity index (χ1) is 10.2. The van der Waals surface area contributed by atoms with Crippen LogP contribution in [-0.4, -0.2) is 60.2 Å². The van der Waals surface area contributed by atoms with Crippen LogP contribution in [0.3, 0.4) is 0 Å². The minimum Gasteiger partial charge on any atom is -0.411 e. The SMILES string of the molecule is Nc1ncnc2c1ncn2C(/C=N/O)OC(/C=N/O)CO. The first kappa shape index (κ1) is 14.6. The molecular weight excluding hydrogens is 282 g/mol. The fourth-order valence-electron chi connectivity index (χ4n) is 1.66. The van der Waals surface area contributed by atoms with Gasteiger partial charge in [0.15, 0.2) is 17.7 Å². The van der Waals surface area contributed by atoms with Gasteiger partial charge in [0, 0.05) is 0 Å². The second-order valence-electron chi connectivity index (χ2n) is 3.86. The molecule has 0 aliphatic heterocycles. The Morgan fingerprint density at radius 1 is 1.29 bits per heavy atom. The number of aliphatic hydroxyl groups excluding tert-OH is 1. The molecule has 21 heavy (non-hydrogen) atoms. The third-order valence-electron chi connectivity index (χ3n) is 2.58. The van der Waals surface area contributed by atoms with Gasteiger partial charge >= 0.3 is 0 Å². The van der Waals surface area contributed by atoms with E-state index in [1.54, 1.807) is 0 Å². The fraction of sp³-hybridized carbons (Fsp3) is 0.300. The lowest BCUT2D eigenvalue weighted by atomic mass is 10.4. The highest BCUT2D eigenvalue weighted by Crippen LogP contribution is 2.19. The number of aromatic nitrogens is 4. The number of nitrogen functional groups attached to an aromatic ring is 1. The molecule has 0 radical (unpaired) electrons. The average molecular weight is 295 g/mol. The van der Waals surface area contributed by atoms with Gasteiger partial charge in [-0.2, -0.15) is 0 Å². The Hall–Kier alpha value is -2.79. The summed E-state index contributed by atoms with van der Waals surface area (Å²) in [6.45, 7) is -0.441.